The van der Waals surface area contributed by atoms with E-state index in [9.17, 15) is 29.4 Å². The minimum Gasteiger partial charge on any atom is -0.381 e. The fourth-order valence-corrected chi connectivity index (χ4v) is 23.5. The normalized spacial score (nSPS) is 11.1. The van der Waals surface area contributed by atoms with Crippen LogP contribution < -0.4 is 25.8 Å². The first kappa shape index (κ1) is 104. The van der Waals surface area contributed by atoms with Crippen molar-refractivity contribution in [3.63, 3.8) is 0 Å². The largest absolute Gasteiger partial charge is 0.381 e. The molecule has 4 atom stereocenters. The van der Waals surface area contributed by atoms with Crippen molar-refractivity contribution in [1.82, 2.24) is 50.1 Å². The second-order valence-electron chi connectivity index (χ2n) is 22.2. The van der Waals surface area contributed by atoms with Gasteiger partial charge in [0.2, 0.25) is 11.8 Å². The van der Waals surface area contributed by atoms with Gasteiger partial charge in [-0.25, -0.2) is 0 Å². The molecule has 2 aromatic carbocycles. The number of nitrogens with two attached hydrogens (primary N) is 2. The van der Waals surface area contributed by atoms with Crippen LogP contribution in [0.4, 0.5) is 0 Å². The zero-order valence-corrected chi connectivity index (χ0v) is 70.8. The molecule has 18 nitrogen and oxygen atoms in total. The number of aliphatic hydroxyl groups excluding tert-OH is 2. The summed E-state index contributed by atoms with van der Waals surface area (Å²) < 4.78 is 9.21. The average Bonchev–Trinajstić information content (AvgIpc) is 1.81. The summed E-state index contributed by atoms with van der Waals surface area (Å²) in [5, 5.41) is 33.8. The van der Waals surface area contributed by atoms with Crippen LogP contribution in [0.15, 0.2) is 115 Å². The Morgan fingerprint density at radius 3 is 1.13 bits per heavy atom. The molecule has 2 unspecified atom stereocenters. The molecule has 0 aliphatic heterocycles. The Kier molecular flexibility index (Phi) is 74.3. The van der Waals surface area contributed by atoms with Crippen LogP contribution in [0.1, 0.15) is 210 Å². The van der Waals surface area contributed by atoms with Gasteiger partial charge >= 0.3 is 123 Å². The van der Waals surface area contributed by atoms with Gasteiger partial charge in [-0.3, -0.25) is 38.5 Å². The van der Waals surface area contributed by atoms with E-state index in [1.807, 2.05) is 73.1 Å². The van der Waals surface area contributed by atoms with Gasteiger partial charge < -0.3 is 73.9 Å². The number of benzene rings is 2. The Morgan fingerprint density at radius 1 is 0.515 bits per heavy atom. The van der Waals surface area contributed by atoms with Crippen LogP contribution in [-0.4, -0.2) is 116 Å². The minimum atomic E-state index is -2.27. The zero-order chi connectivity index (χ0) is 71.5. The van der Waals surface area contributed by atoms with E-state index in [1.54, 1.807) is 14.1 Å². The van der Waals surface area contributed by atoms with Crippen molar-refractivity contribution in [3.05, 3.63) is 179 Å². The van der Waals surface area contributed by atoms with Crippen LogP contribution in [0.3, 0.4) is 0 Å². The number of primary amides is 2. The molecule has 0 bridgehead atoms. The Labute approximate surface area is 641 Å². The molecule has 0 fully saturated rings. The number of carbonyl (C=O) groups is 4. The average molecular weight is 1970 g/mol. The van der Waals surface area contributed by atoms with Crippen LogP contribution >= 0.6 is 15.9 Å². The number of aromatic nitrogens is 8. The van der Waals surface area contributed by atoms with Gasteiger partial charge in [0.05, 0.1) is 29.4 Å². The summed E-state index contributed by atoms with van der Waals surface area (Å²) in [6.07, 6.45) is 32.7. The smallest absolute Gasteiger partial charge is 0.255 e. The third-order valence-electron chi connectivity index (χ3n) is 13.7. The van der Waals surface area contributed by atoms with Crippen molar-refractivity contribution in [2.75, 3.05) is 0 Å². The first-order valence-corrected chi connectivity index (χ1v) is 42.0. The van der Waals surface area contributed by atoms with Gasteiger partial charge in [0.15, 0.2) is 12.2 Å². The number of unbranched alkanes of at least 4 members (excludes halogenated alkanes) is 9. The molecule has 0 spiro atoms. The molecule has 8 N–H and O–H groups in total. The first-order chi connectivity index (χ1) is 45.1. The van der Waals surface area contributed by atoms with Crippen molar-refractivity contribution < 1.29 is 91.9 Å². The molecular formula is C74H121BrN12O6PdPt2Sn-6. The standard InChI is InChI=1S/C19H20N6O3.C15H17BrN4O3.C4H3N2.9C4H9.Pd.2Pt.Sn/c1-25-11-13(16(24-25)15-10-21-7-8-22-15)19(28)23-14(17(26)18(20)27)9-12-5-3-2-4-6-12;1-20-8-10(13(16)19-20)15(23)18-11(12(21)14(17)22)7-9-5-3-2-4-6-9;1-2-6-4-3-5-1;9*1-3-4-2;;;;/h2-8,10-11,14,17,26H,9H2,1H3,(H2,20,27)(H,23,28);2-6,8,11-12,21H,7H2,1H3,(H2,17,22)(H,18,23);1-3H;9*1,3-4H2,2H3;;;;/q;;;;;;6*-1;;;;/t14-,17?;11-,12?;;;;;;;;;;;;;;/m00............../s1. The van der Waals surface area contributed by atoms with E-state index in [-0.39, 0.29) is 81.0 Å². The summed E-state index contributed by atoms with van der Waals surface area (Å²) >= 11 is 0.924. The number of hydrogen-bond acceptors (Lipinski definition) is 12. The summed E-state index contributed by atoms with van der Waals surface area (Å²) in [5.74, 6) is -2.76. The molecular weight excluding hydrogens is 1850 g/mol. The molecule has 0 aliphatic rings. The second kappa shape index (κ2) is 69.2. The topological polar surface area (TPSA) is 272 Å². The molecule has 6 aromatic rings. The fraction of sp³-hybridized carbons (Fsp3) is 0.514. The number of nitrogens with zero attached hydrogens (tertiary/aromatic N) is 8. The van der Waals surface area contributed by atoms with Crippen molar-refractivity contribution >= 4 is 61.6 Å². The van der Waals surface area contributed by atoms with E-state index < -0.39 is 66.3 Å². The molecule has 0 radical (unpaired) electrons. The van der Waals surface area contributed by atoms with Crippen molar-refractivity contribution in [2.24, 2.45) is 25.6 Å². The number of carbonyl (C=O) groups excluding carboxylic acids is 4. The number of halogens is 1. The monoisotopic (exact) mass is 1970 g/mol. The number of rotatable bonds is 29. The molecule has 4 heterocycles. The third kappa shape index (κ3) is 49.4. The summed E-state index contributed by atoms with van der Waals surface area (Å²) in [6.45, 7) is 41.3. The Bertz CT molecular complexity index is 2700. The van der Waals surface area contributed by atoms with Crippen LogP contribution in [0.2, 0.25) is 13.3 Å². The van der Waals surface area contributed by atoms with Gasteiger partial charge in [-0.05, 0) is 39.9 Å². The van der Waals surface area contributed by atoms with Gasteiger partial charge in [-0.15, -0.1) is 0 Å². The molecule has 560 valence electrons. The van der Waals surface area contributed by atoms with Crippen molar-refractivity contribution in [1.29, 1.82) is 0 Å². The molecule has 0 saturated carbocycles. The first-order valence-electron chi connectivity index (χ1n) is 33.8. The maximum atomic E-state index is 12.9. The Hall–Kier alpha value is -3.86. The number of hydrogen-bond donors (Lipinski definition) is 6. The Morgan fingerprint density at radius 2 is 0.845 bits per heavy atom. The molecule has 0 aliphatic carbocycles. The van der Waals surface area contributed by atoms with E-state index in [1.165, 1.54) is 134 Å². The van der Waals surface area contributed by atoms with Crippen LogP contribution in [0.5, 0.6) is 0 Å². The third-order valence-corrected chi connectivity index (χ3v) is 29.4. The van der Waals surface area contributed by atoms with E-state index in [4.69, 9.17) is 16.5 Å². The molecule has 4 aromatic heterocycles. The maximum Gasteiger partial charge on any atom is 0.255 e. The van der Waals surface area contributed by atoms with E-state index in [2.05, 4.69) is 162 Å². The van der Waals surface area contributed by atoms with Crippen LogP contribution in [0.25, 0.3) is 11.4 Å². The molecule has 6 rings (SSSR count). The summed E-state index contributed by atoms with van der Waals surface area (Å²) in [4.78, 5) is 65.4. The summed E-state index contributed by atoms with van der Waals surface area (Å²) in [5.41, 5.74) is 13.5. The van der Waals surface area contributed by atoms with Gasteiger partial charge in [0.1, 0.15) is 16.0 Å². The summed E-state index contributed by atoms with van der Waals surface area (Å²) in [7, 11) is 3.36. The quantitative estimate of drug-likeness (QED) is 0.0189. The molecule has 23 heteroatoms. The number of aliphatic hydroxyl groups is 2. The molecule has 97 heavy (non-hydrogen) atoms. The number of aryl methyl sites for hydroxylation is 2. The molecule has 0 saturated heterocycles. The van der Waals surface area contributed by atoms with Gasteiger partial charge in [0, 0.05) is 101 Å². The van der Waals surface area contributed by atoms with Crippen molar-refractivity contribution in [3.8, 4) is 11.4 Å². The number of nitrogens with one attached hydrogen (secondary N) is 2. The van der Waals surface area contributed by atoms with Gasteiger partial charge in [-0.1, -0.05) is 141 Å². The molecule has 4 amide bonds. The van der Waals surface area contributed by atoms with Gasteiger partial charge in [-0.2, -0.15) is 48.7 Å². The maximum absolute atomic E-state index is 12.9. The second-order valence-corrected chi connectivity index (χ2v) is 36.0. The fourth-order valence-electron chi connectivity index (χ4n) is 7.86. The van der Waals surface area contributed by atoms with E-state index in [0.29, 0.717) is 21.6 Å². The van der Waals surface area contributed by atoms with Crippen LogP contribution in [-0.2, 0) is 99.1 Å². The van der Waals surface area contributed by atoms with E-state index >= 15 is 0 Å². The zero-order valence-electron chi connectivity index (χ0n) is 60.3. The van der Waals surface area contributed by atoms with Crippen molar-refractivity contribution in [2.45, 2.75) is 228 Å². The SMILES string of the molecule is CCC[CH2][Sn]([CH2]CCC)([CH2]CCC)[c]1cnccn1.Cn1cc(C(=O)N[C@@H](Cc2ccccc2)C(O)C(N)=O)c(-c2cnccn2)n1.Cn1cc(C(=O)N[C@@H](Cc2ccccc2)C(O)C(N)=O)c(Br)n1.[CH2-]CCC.[CH2-]CCC.[CH2-]CCC.[CH2-]CCC.[CH2-]CCC.[CH2-]CCC.[Pd].[Pt].[Pt]. The predicted octanol–water partition coefficient (Wildman–Crippen LogP) is 14.7. The summed E-state index contributed by atoms with van der Waals surface area (Å²) in [6, 6.07) is 16.7. The minimum absolute atomic E-state index is 0. The predicted molar refractivity (Wildman–Crippen MR) is 396 cm³/mol. The van der Waals surface area contributed by atoms with Crippen LogP contribution in [0, 0.1) is 41.5 Å². The number of amides is 4. The van der Waals surface area contributed by atoms with E-state index in [0.717, 1.165) is 49.7 Å². The van der Waals surface area contributed by atoms with Gasteiger partial charge in [0.25, 0.3) is 11.8 Å². The Balaban J connectivity index is -0.000000272.